The zero-order chi connectivity index (χ0) is 14.8. The van der Waals surface area contributed by atoms with Crippen LogP contribution in [0, 0.1) is 0 Å². The fourth-order valence-corrected chi connectivity index (χ4v) is 2.38. The molecular formula is C13H19N7O. The van der Waals surface area contributed by atoms with E-state index < -0.39 is 0 Å². The van der Waals surface area contributed by atoms with Crippen molar-refractivity contribution in [3.05, 3.63) is 24.4 Å². The average molecular weight is 289 g/mol. The number of β-amino-alcohol motifs (C(OH)–C–C–N with tert-alkyl or cyclic N) is 1. The molecule has 1 unspecified atom stereocenters. The highest BCUT2D eigenvalue weighted by atomic mass is 16.3. The number of hydrogen-bond donors (Lipinski definition) is 1. The molecule has 3 heterocycles. The van der Waals surface area contributed by atoms with Gasteiger partial charge in [-0.25, -0.2) is 4.98 Å². The summed E-state index contributed by atoms with van der Waals surface area (Å²) in [4.78, 5) is 12.9. The number of anilines is 2. The predicted octanol–water partition coefficient (Wildman–Crippen LogP) is -0.188. The van der Waals surface area contributed by atoms with Crippen molar-refractivity contribution in [1.29, 1.82) is 0 Å². The highest BCUT2D eigenvalue weighted by molar-refractivity contribution is 5.44. The molecule has 0 radical (unpaired) electrons. The summed E-state index contributed by atoms with van der Waals surface area (Å²) in [5, 5.41) is 17.6. The maximum atomic E-state index is 9.63. The van der Waals surface area contributed by atoms with Gasteiger partial charge in [0.25, 0.3) is 0 Å². The van der Waals surface area contributed by atoms with Crippen LogP contribution in [-0.4, -0.2) is 56.1 Å². The van der Waals surface area contributed by atoms with Gasteiger partial charge in [0.2, 0.25) is 5.95 Å². The molecule has 0 bridgehead atoms. The van der Waals surface area contributed by atoms with E-state index in [-0.39, 0.29) is 6.10 Å². The second kappa shape index (κ2) is 5.65. The number of aromatic nitrogens is 5. The summed E-state index contributed by atoms with van der Waals surface area (Å²) in [5.74, 6) is 2.33. The molecule has 1 fully saturated rings. The highest BCUT2D eigenvalue weighted by Crippen LogP contribution is 2.20. The van der Waals surface area contributed by atoms with Crippen LogP contribution < -0.4 is 9.80 Å². The molecule has 1 atom stereocenters. The first kappa shape index (κ1) is 13.7. The minimum Gasteiger partial charge on any atom is -0.391 e. The predicted molar refractivity (Wildman–Crippen MR) is 78.0 cm³/mol. The van der Waals surface area contributed by atoms with Gasteiger partial charge in [-0.15, -0.1) is 10.2 Å². The van der Waals surface area contributed by atoms with E-state index in [9.17, 15) is 5.11 Å². The first-order valence-corrected chi connectivity index (χ1v) is 6.93. The van der Waals surface area contributed by atoms with Gasteiger partial charge in [-0.3, -0.25) is 0 Å². The van der Waals surface area contributed by atoms with Crippen LogP contribution in [0.2, 0.25) is 0 Å². The summed E-state index contributed by atoms with van der Waals surface area (Å²) >= 11 is 0. The fraction of sp³-hybridized carbons (Fsp3) is 0.538. The standard InChI is InChI=1S/C13H19N7O/c1-18(8-12-17-15-9-19(12)2)13-14-5-3-11(16-13)20-6-4-10(21)7-20/h3,5,9-10,21H,4,6-8H2,1-2H3. The molecule has 0 aromatic carbocycles. The molecule has 1 N–H and O–H groups in total. The van der Waals surface area contributed by atoms with Crippen molar-refractivity contribution in [3.63, 3.8) is 0 Å². The van der Waals surface area contributed by atoms with Gasteiger partial charge in [-0.05, 0) is 12.5 Å². The summed E-state index contributed by atoms with van der Waals surface area (Å²) < 4.78 is 1.87. The van der Waals surface area contributed by atoms with Crippen molar-refractivity contribution in [2.45, 2.75) is 19.1 Å². The van der Waals surface area contributed by atoms with E-state index >= 15 is 0 Å². The molecule has 1 aliphatic heterocycles. The van der Waals surface area contributed by atoms with Crippen LogP contribution in [0.1, 0.15) is 12.2 Å². The Balaban J connectivity index is 1.74. The van der Waals surface area contributed by atoms with Crippen LogP contribution in [-0.2, 0) is 13.6 Å². The minimum absolute atomic E-state index is 0.264. The van der Waals surface area contributed by atoms with Crippen molar-refractivity contribution < 1.29 is 5.11 Å². The van der Waals surface area contributed by atoms with Crippen molar-refractivity contribution >= 4 is 11.8 Å². The van der Waals surface area contributed by atoms with Crippen LogP contribution in [0.25, 0.3) is 0 Å². The van der Waals surface area contributed by atoms with Crippen molar-refractivity contribution in [1.82, 2.24) is 24.7 Å². The highest BCUT2D eigenvalue weighted by Gasteiger charge is 2.22. The van der Waals surface area contributed by atoms with E-state index in [4.69, 9.17) is 0 Å². The number of hydrogen-bond acceptors (Lipinski definition) is 7. The van der Waals surface area contributed by atoms with Crippen molar-refractivity contribution in [3.8, 4) is 0 Å². The third-order valence-electron chi connectivity index (χ3n) is 3.64. The Kier molecular flexibility index (Phi) is 3.70. The van der Waals surface area contributed by atoms with Gasteiger partial charge in [-0.2, -0.15) is 4.98 Å². The van der Waals surface area contributed by atoms with Gasteiger partial charge < -0.3 is 19.5 Å². The normalized spacial score (nSPS) is 18.2. The number of rotatable bonds is 4. The molecule has 21 heavy (non-hydrogen) atoms. The third-order valence-corrected chi connectivity index (χ3v) is 3.64. The second-order valence-corrected chi connectivity index (χ2v) is 5.32. The van der Waals surface area contributed by atoms with Crippen LogP contribution in [0.5, 0.6) is 0 Å². The molecule has 8 heteroatoms. The summed E-state index contributed by atoms with van der Waals surface area (Å²) in [6, 6.07) is 1.87. The lowest BCUT2D eigenvalue weighted by Gasteiger charge is -2.20. The molecule has 8 nitrogen and oxygen atoms in total. The third kappa shape index (κ3) is 2.94. The number of nitrogens with zero attached hydrogens (tertiary/aromatic N) is 7. The number of aryl methyl sites for hydroxylation is 1. The second-order valence-electron chi connectivity index (χ2n) is 5.32. The van der Waals surface area contributed by atoms with E-state index in [0.29, 0.717) is 19.0 Å². The summed E-state index contributed by atoms with van der Waals surface area (Å²) in [6.45, 7) is 2.04. The van der Waals surface area contributed by atoms with Gasteiger partial charge in [0, 0.05) is 33.4 Å². The quantitative estimate of drug-likeness (QED) is 0.835. The van der Waals surface area contributed by atoms with Crippen LogP contribution in [0.4, 0.5) is 11.8 Å². The van der Waals surface area contributed by atoms with Crippen LogP contribution >= 0.6 is 0 Å². The van der Waals surface area contributed by atoms with Gasteiger partial charge in [-0.1, -0.05) is 0 Å². The number of aliphatic hydroxyl groups excluding tert-OH is 1. The van der Waals surface area contributed by atoms with Gasteiger partial charge in [0.1, 0.15) is 12.1 Å². The molecule has 0 amide bonds. The summed E-state index contributed by atoms with van der Waals surface area (Å²) in [7, 11) is 3.83. The fourth-order valence-electron chi connectivity index (χ4n) is 2.38. The SMILES string of the molecule is CN(Cc1nncn1C)c1nccc(N2CCC(O)C2)n1. The van der Waals surface area contributed by atoms with Crippen LogP contribution in [0.15, 0.2) is 18.6 Å². The Morgan fingerprint density at radius 2 is 2.33 bits per heavy atom. The molecule has 1 saturated heterocycles. The molecule has 0 spiro atoms. The number of aliphatic hydroxyl groups is 1. The maximum Gasteiger partial charge on any atom is 0.227 e. The van der Waals surface area contributed by atoms with E-state index in [1.807, 2.05) is 29.6 Å². The molecule has 0 saturated carbocycles. The Bertz CT molecular complexity index is 614. The molecule has 0 aliphatic carbocycles. The largest absolute Gasteiger partial charge is 0.391 e. The zero-order valence-electron chi connectivity index (χ0n) is 12.2. The lowest BCUT2D eigenvalue weighted by Crippen LogP contribution is -2.25. The lowest BCUT2D eigenvalue weighted by molar-refractivity contribution is 0.198. The smallest absolute Gasteiger partial charge is 0.227 e. The van der Waals surface area contributed by atoms with E-state index in [1.54, 1.807) is 12.5 Å². The Hall–Kier alpha value is -2.22. The van der Waals surface area contributed by atoms with Crippen molar-refractivity contribution in [2.24, 2.45) is 7.05 Å². The van der Waals surface area contributed by atoms with Gasteiger partial charge in [0.05, 0.1) is 12.6 Å². The van der Waals surface area contributed by atoms with Crippen LogP contribution in [0.3, 0.4) is 0 Å². The van der Waals surface area contributed by atoms with E-state index in [1.165, 1.54) is 0 Å². The average Bonchev–Trinajstić information content (AvgIpc) is 3.08. The van der Waals surface area contributed by atoms with E-state index in [2.05, 4.69) is 25.1 Å². The Morgan fingerprint density at radius 3 is 3.00 bits per heavy atom. The van der Waals surface area contributed by atoms with Gasteiger partial charge in [0.15, 0.2) is 5.82 Å². The van der Waals surface area contributed by atoms with Crippen molar-refractivity contribution in [2.75, 3.05) is 29.9 Å². The minimum atomic E-state index is -0.264. The van der Waals surface area contributed by atoms with Gasteiger partial charge >= 0.3 is 0 Å². The lowest BCUT2D eigenvalue weighted by atomic mass is 10.3. The summed E-state index contributed by atoms with van der Waals surface area (Å²) in [6.07, 6.45) is 3.94. The molecular weight excluding hydrogens is 270 g/mol. The Labute approximate surface area is 123 Å². The monoisotopic (exact) mass is 289 g/mol. The summed E-state index contributed by atoms with van der Waals surface area (Å²) in [5.41, 5.74) is 0. The maximum absolute atomic E-state index is 9.63. The van der Waals surface area contributed by atoms with E-state index in [0.717, 1.165) is 24.6 Å². The molecule has 112 valence electrons. The molecule has 2 aromatic rings. The Morgan fingerprint density at radius 1 is 1.48 bits per heavy atom. The topological polar surface area (TPSA) is 83.2 Å². The zero-order valence-corrected chi connectivity index (χ0v) is 12.2. The molecule has 3 rings (SSSR count). The first-order chi connectivity index (χ1) is 10.1. The molecule has 1 aliphatic rings. The first-order valence-electron chi connectivity index (χ1n) is 6.93. The molecule has 2 aromatic heterocycles.